The fourth-order valence-corrected chi connectivity index (χ4v) is 3.03. The van der Waals surface area contributed by atoms with E-state index in [0.29, 0.717) is 15.2 Å². The van der Waals surface area contributed by atoms with Gasteiger partial charge in [-0.25, -0.2) is 8.42 Å². The second kappa shape index (κ2) is 6.75. The van der Waals surface area contributed by atoms with Crippen LogP contribution in [0.4, 0.5) is 5.69 Å². The standard InChI is InChI=1S/C11H15BrClNO3S/c1-8(2)17-5-6-18(15,16)14-11-4-3-9(13)7-10(11)12/h3-4,7-8,14H,5-6H2,1-2H3. The molecule has 0 aromatic heterocycles. The molecule has 0 aliphatic rings. The summed E-state index contributed by atoms with van der Waals surface area (Å²) in [6.07, 6.45) is 0.0162. The summed E-state index contributed by atoms with van der Waals surface area (Å²) in [6, 6.07) is 4.85. The summed E-state index contributed by atoms with van der Waals surface area (Å²) in [7, 11) is -3.41. The van der Waals surface area contributed by atoms with Crippen LogP contribution in [0.15, 0.2) is 22.7 Å². The van der Waals surface area contributed by atoms with Gasteiger partial charge in [0.1, 0.15) is 0 Å². The summed E-state index contributed by atoms with van der Waals surface area (Å²) in [6.45, 7) is 3.88. The van der Waals surface area contributed by atoms with E-state index < -0.39 is 10.0 Å². The van der Waals surface area contributed by atoms with Gasteiger partial charge in [0.15, 0.2) is 0 Å². The smallest absolute Gasteiger partial charge is 0.235 e. The van der Waals surface area contributed by atoms with Crippen molar-refractivity contribution in [2.45, 2.75) is 20.0 Å². The normalized spacial score (nSPS) is 11.8. The zero-order valence-corrected chi connectivity index (χ0v) is 13.3. The molecule has 1 N–H and O–H groups in total. The number of ether oxygens (including phenoxy) is 1. The van der Waals surface area contributed by atoms with Crippen molar-refractivity contribution in [1.29, 1.82) is 0 Å². The molecule has 1 aromatic rings. The Morgan fingerprint density at radius 1 is 1.44 bits per heavy atom. The van der Waals surface area contributed by atoms with Gasteiger partial charge in [-0.2, -0.15) is 0 Å². The van der Waals surface area contributed by atoms with E-state index >= 15 is 0 Å². The van der Waals surface area contributed by atoms with Crippen LogP contribution in [0.5, 0.6) is 0 Å². The first-order valence-electron chi connectivity index (χ1n) is 5.37. The molecule has 0 aliphatic heterocycles. The molecule has 4 nitrogen and oxygen atoms in total. The zero-order valence-electron chi connectivity index (χ0n) is 10.1. The Morgan fingerprint density at radius 3 is 2.67 bits per heavy atom. The highest BCUT2D eigenvalue weighted by atomic mass is 79.9. The second-order valence-electron chi connectivity index (χ2n) is 3.96. The molecule has 0 fully saturated rings. The molecule has 1 aromatic carbocycles. The van der Waals surface area contributed by atoms with Gasteiger partial charge < -0.3 is 4.74 Å². The fraction of sp³-hybridized carbons (Fsp3) is 0.455. The molecule has 0 radical (unpaired) electrons. The van der Waals surface area contributed by atoms with Crippen molar-refractivity contribution < 1.29 is 13.2 Å². The second-order valence-corrected chi connectivity index (χ2v) is 7.10. The first-order chi connectivity index (χ1) is 8.30. The van der Waals surface area contributed by atoms with Gasteiger partial charge in [-0.15, -0.1) is 0 Å². The number of anilines is 1. The van der Waals surface area contributed by atoms with Crippen LogP contribution in [0.1, 0.15) is 13.8 Å². The SMILES string of the molecule is CC(C)OCCS(=O)(=O)Nc1ccc(Cl)cc1Br. The molecule has 0 spiro atoms. The van der Waals surface area contributed by atoms with E-state index in [1.165, 1.54) is 0 Å². The Hall–Kier alpha value is -0.300. The Kier molecular flexibility index (Phi) is 5.91. The van der Waals surface area contributed by atoms with E-state index in [-0.39, 0.29) is 18.5 Å². The third kappa shape index (κ3) is 5.56. The van der Waals surface area contributed by atoms with Crippen molar-refractivity contribution in [2.75, 3.05) is 17.1 Å². The summed E-state index contributed by atoms with van der Waals surface area (Å²) in [5.74, 6) is -0.0831. The Labute approximate surface area is 121 Å². The summed E-state index contributed by atoms with van der Waals surface area (Å²) in [5, 5.41) is 0.535. The zero-order chi connectivity index (χ0) is 13.8. The number of hydrogen-bond acceptors (Lipinski definition) is 3. The molecule has 0 bridgehead atoms. The maximum Gasteiger partial charge on any atom is 0.235 e. The monoisotopic (exact) mass is 355 g/mol. The molecular formula is C11H15BrClNO3S. The highest BCUT2D eigenvalue weighted by Gasteiger charge is 2.12. The first-order valence-corrected chi connectivity index (χ1v) is 8.19. The molecule has 0 atom stereocenters. The number of halogens is 2. The maximum atomic E-state index is 11.8. The molecule has 0 saturated carbocycles. The van der Waals surface area contributed by atoms with Crippen LogP contribution in [0, 0.1) is 0 Å². The minimum atomic E-state index is -3.41. The molecule has 0 amide bonds. The minimum Gasteiger partial charge on any atom is -0.378 e. The summed E-state index contributed by atoms with van der Waals surface area (Å²) < 4.78 is 31.8. The first kappa shape index (κ1) is 15.8. The predicted octanol–water partition coefficient (Wildman–Crippen LogP) is 3.27. The van der Waals surface area contributed by atoms with Gasteiger partial charge in [-0.3, -0.25) is 4.72 Å². The fourth-order valence-electron chi connectivity index (χ4n) is 1.18. The van der Waals surface area contributed by atoms with Crippen LogP contribution >= 0.6 is 27.5 Å². The summed E-state index contributed by atoms with van der Waals surface area (Å²) in [4.78, 5) is 0. The van der Waals surface area contributed by atoms with Crippen molar-refractivity contribution in [1.82, 2.24) is 0 Å². The van der Waals surface area contributed by atoms with Gasteiger partial charge in [0.25, 0.3) is 0 Å². The largest absolute Gasteiger partial charge is 0.378 e. The minimum absolute atomic E-state index is 0.0162. The van der Waals surface area contributed by atoms with Crippen LogP contribution < -0.4 is 4.72 Å². The average molecular weight is 357 g/mol. The van der Waals surface area contributed by atoms with Crippen molar-refractivity contribution in [2.24, 2.45) is 0 Å². The van der Waals surface area contributed by atoms with E-state index in [2.05, 4.69) is 20.7 Å². The van der Waals surface area contributed by atoms with Gasteiger partial charge >= 0.3 is 0 Å². The number of nitrogens with one attached hydrogen (secondary N) is 1. The van der Waals surface area contributed by atoms with Gasteiger partial charge in [0.05, 0.1) is 24.2 Å². The van der Waals surface area contributed by atoms with Gasteiger partial charge in [-0.1, -0.05) is 11.6 Å². The van der Waals surface area contributed by atoms with E-state index in [1.807, 2.05) is 13.8 Å². The lowest BCUT2D eigenvalue weighted by atomic mass is 10.3. The van der Waals surface area contributed by atoms with Crippen LogP contribution in [0.2, 0.25) is 5.02 Å². The van der Waals surface area contributed by atoms with Crippen molar-refractivity contribution >= 4 is 43.2 Å². The van der Waals surface area contributed by atoms with E-state index in [1.54, 1.807) is 18.2 Å². The molecule has 102 valence electrons. The lowest BCUT2D eigenvalue weighted by Gasteiger charge is -2.11. The predicted molar refractivity (Wildman–Crippen MR) is 77.6 cm³/mol. The molecule has 0 aliphatic carbocycles. The molecular weight excluding hydrogens is 342 g/mol. The van der Waals surface area contributed by atoms with Crippen LogP contribution in [-0.2, 0) is 14.8 Å². The summed E-state index contributed by atoms with van der Waals surface area (Å²) >= 11 is 9.03. The highest BCUT2D eigenvalue weighted by Crippen LogP contribution is 2.26. The van der Waals surface area contributed by atoms with Crippen LogP contribution in [0.3, 0.4) is 0 Å². The lowest BCUT2D eigenvalue weighted by Crippen LogP contribution is -2.21. The van der Waals surface area contributed by atoms with Gasteiger partial charge in [0.2, 0.25) is 10.0 Å². The highest BCUT2D eigenvalue weighted by molar-refractivity contribution is 9.10. The lowest BCUT2D eigenvalue weighted by molar-refractivity contribution is 0.0913. The Bertz CT molecular complexity index is 505. The third-order valence-corrected chi connectivity index (χ3v) is 4.13. The molecule has 0 unspecified atom stereocenters. The number of benzene rings is 1. The maximum absolute atomic E-state index is 11.8. The Morgan fingerprint density at radius 2 is 2.11 bits per heavy atom. The van der Waals surface area contributed by atoms with Crippen LogP contribution in [-0.4, -0.2) is 26.9 Å². The van der Waals surface area contributed by atoms with E-state index in [4.69, 9.17) is 16.3 Å². The molecule has 7 heteroatoms. The Balaban J connectivity index is 2.65. The average Bonchev–Trinajstić information content (AvgIpc) is 2.21. The molecule has 18 heavy (non-hydrogen) atoms. The van der Waals surface area contributed by atoms with Gasteiger partial charge in [-0.05, 0) is 48.0 Å². The number of hydrogen-bond donors (Lipinski definition) is 1. The van der Waals surface area contributed by atoms with E-state index in [9.17, 15) is 8.42 Å². The van der Waals surface area contributed by atoms with Crippen molar-refractivity contribution in [3.63, 3.8) is 0 Å². The number of sulfonamides is 1. The molecule has 0 heterocycles. The van der Waals surface area contributed by atoms with E-state index in [0.717, 1.165) is 0 Å². The molecule has 1 rings (SSSR count). The third-order valence-electron chi connectivity index (χ3n) is 2.00. The van der Waals surface area contributed by atoms with Crippen molar-refractivity contribution in [3.05, 3.63) is 27.7 Å². The topological polar surface area (TPSA) is 55.4 Å². The van der Waals surface area contributed by atoms with Gasteiger partial charge in [0, 0.05) is 9.50 Å². The van der Waals surface area contributed by atoms with Crippen molar-refractivity contribution in [3.8, 4) is 0 Å². The molecule has 0 saturated heterocycles. The number of rotatable bonds is 6. The van der Waals surface area contributed by atoms with Crippen LogP contribution in [0.25, 0.3) is 0 Å². The quantitative estimate of drug-likeness (QED) is 0.851. The summed E-state index contributed by atoms with van der Waals surface area (Å²) in [5.41, 5.74) is 0.462.